The molecule has 0 radical (unpaired) electrons. The summed E-state index contributed by atoms with van der Waals surface area (Å²) in [5, 5.41) is 21.6. The second kappa shape index (κ2) is 8.72. The fourth-order valence-electron chi connectivity index (χ4n) is 3.62. The van der Waals surface area contributed by atoms with Crippen molar-refractivity contribution >= 4 is 34.9 Å². The fraction of sp³-hybridized carbons (Fsp3) is 0.125. The highest BCUT2D eigenvalue weighted by Crippen LogP contribution is 2.43. The second-order valence-corrected chi connectivity index (χ2v) is 7.46. The smallest absolute Gasteiger partial charge is 0.301 e. The molecule has 1 aromatic heterocycles. The van der Waals surface area contributed by atoms with Crippen LogP contribution in [0, 0.1) is 0 Å². The average molecular weight is 451 g/mol. The summed E-state index contributed by atoms with van der Waals surface area (Å²) in [6.45, 7) is 2.08. The van der Waals surface area contributed by atoms with Crippen LogP contribution in [-0.2, 0) is 9.59 Å². The molecule has 1 aliphatic rings. The standard InChI is InChI=1S/C24H19ClN2O5/c1-2-32-18-13-15(8-11-17(18)28)21-20(22(29)14-6-9-16(25)10-7-14)23(30)24(31)27(21)19-5-3-4-12-26-19/h3-13,21,28-29H,2H2,1H3/b22-20+. The van der Waals surface area contributed by atoms with E-state index in [1.54, 1.807) is 61.5 Å². The largest absolute Gasteiger partial charge is 0.507 e. The van der Waals surface area contributed by atoms with Crippen LogP contribution in [-0.4, -0.2) is 33.5 Å². The topological polar surface area (TPSA) is 100.0 Å². The molecule has 0 spiro atoms. The average Bonchev–Trinajstić information content (AvgIpc) is 3.06. The Bertz CT molecular complexity index is 1210. The Morgan fingerprint density at radius 3 is 2.53 bits per heavy atom. The Hall–Kier alpha value is -3.84. The zero-order valence-electron chi connectivity index (χ0n) is 17.0. The van der Waals surface area contributed by atoms with Crippen LogP contribution in [0.25, 0.3) is 5.76 Å². The first-order valence-corrected chi connectivity index (χ1v) is 10.2. The normalized spacial score (nSPS) is 17.6. The number of aromatic nitrogens is 1. The van der Waals surface area contributed by atoms with Crippen molar-refractivity contribution in [3.8, 4) is 11.5 Å². The Balaban J connectivity index is 1.95. The molecule has 8 heteroatoms. The summed E-state index contributed by atoms with van der Waals surface area (Å²) < 4.78 is 5.48. The molecular weight excluding hydrogens is 432 g/mol. The molecular formula is C24H19ClN2O5. The van der Waals surface area contributed by atoms with E-state index < -0.39 is 17.7 Å². The number of phenolic OH excluding ortho intramolecular Hbond substituents is 1. The number of halogens is 1. The molecule has 32 heavy (non-hydrogen) atoms. The molecule has 0 saturated carbocycles. The lowest BCUT2D eigenvalue weighted by atomic mass is 9.95. The van der Waals surface area contributed by atoms with Gasteiger partial charge in [0, 0.05) is 16.8 Å². The number of ketones is 1. The third kappa shape index (κ3) is 3.78. The molecule has 1 unspecified atom stereocenters. The number of aromatic hydroxyl groups is 1. The van der Waals surface area contributed by atoms with Crippen LogP contribution in [0.2, 0.25) is 5.02 Å². The SMILES string of the molecule is CCOc1cc(C2/C(=C(\O)c3ccc(Cl)cc3)C(=O)C(=O)N2c2ccccn2)ccc1O. The number of phenols is 1. The van der Waals surface area contributed by atoms with Crippen LogP contribution < -0.4 is 9.64 Å². The monoisotopic (exact) mass is 450 g/mol. The van der Waals surface area contributed by atoms with Crippen molar-refractivity contribution in [3.63, 3.8) is 0 Å². The highest BCUT2D eigenvalue weighted by molar-refractivity contribution is 6.51. The number of benzene rings is 2. The van der Waals surface area contributed by atoms with Crippen LogP contribution >= 0.6 is 11.6 Å². The number of anilines is 1. The summed E-state index contributed by atoms with van der Waals surface area (Å²) in [6, 6.07) is 14.8. The highest BCUT2D eigenvalue weighted by Gasteiger charge is 2.47. The van der Waals surface area contributed by atoms with Crippen LogP contribution in [0.3, 0.4) is 0 Å². The number of pyridine rings is 1. The van der Waals surface area contributed by atoms with E-state index in [0.717, 1.165) is 0 Å². The molecule has 162 valence electrons. The third-order valence-corrected chi connectivity index (χ3v) is 5.31. The Labute approximate surface area is 189 Å². The zero-order chi connectivity index (χ0) is 22.8. The first kappa shape index (κ1) is 21.4. The minimum absolute atomic E-state index is 0.0805. The van der Waals surface area contributed by atoms with Crippen LogP contribution in [0.5, 0.6) is 11.5 Å². The Kier molecular flexibility index (Phi) is 5.83. The predicted molar refractivity (Wildman–Crippen MR) is 120 cm³/mol. The maximum atomic E-state index is 13.1. The van der Waals surface area contributed by atoms with Crippen LogP contribution in [0.1, 0.15) is 24.1 Å². The van der Waals surface area contributed by atoms with Gasteiger partial charge in [0.15, 0.2) is 11.5 Å². The van der Waals surface area contributed by atoms with Gasteiger partial charge >= 0.3 is 5.91 Å². The number of nitrogens with zero attached hydrogens (tertiary/aromatic N) is 2. The molecule has 4 rings (SSSR count). The third-order valence-electron chi connectivity index (χ3n) is 5.06. The molecule has 2 N–H and O–H groups in total. The Morgan fingerprint density at radius 1 is 1.12 bits per heavy atom. The minimum atomic E-state index is -0.986. The fourth-order valence-corrected chi connectivity index (χ4v) is 3.74. The summed E-state index contributed by atoms with van der Waals surface area (Å²) >= 11 is 5.94. The van der Waals surface area contributed by atoms with Gasteiger partial charge in [-0.15, -0.1) is 0 Å². The summed E-state index contributed by atoms with van der Waals surface area (Å²) in [6.07, 6.45) is 1.51. The first-order valence-electron chi connectivity index (χ1n) is 9.86. The van der Waals surface area contributed by atoms with E-state index in [-0.39, 0.29) is 28.6 Å². The maximum Gasteiger partial charge on any atom is 0.301 e. The van der Waals surface area contributed by atoms with E-state index in [1.165, 1.54) is 17.2 Å². The molecule has 2 heterocycles. The van der Waals surface area contributed by atoms with E-state index in [2.05, 4.69) is 4.98 Å². The number of rotatable bonds is 5. The number of carbonyl (C=O) groups is 2. The summed E-state index contributed by atoms with van der Waals surface area (Å²) in [4.78, 5) is 31.6. The second-order valence-electron chi connectivity index (χ2n) is 7.02. The molecule has 1 amide bonds. The predicted octanol–water partition coefficient (Wildman–Crippen LogP) is 4.47. The van der Waals surface area contributed by atoms with Gasteiger partial charge in [0.05, 0.1) is 18.2 Å². The molecule has 1 fully saturated rings. The van der Waals surface area contributed by atoms with Crippen molar-refractivity contribution in [3.05, 3.63) is 88.6 Å². The van der Waals surface area contributed by atoms with Gasteiger partial charge in [-0.25, -0.2) is 4.98 Å². The number of aliphatic hydroxyl groups excluding tert-OH is 1. The van der Waals surface area contributed by atoms with Crippen molar-refractivity contribution in [1.29, 1.82) is 0 Å². The maximum absolute atomic E-state index is 13.1. The van der Waals surface area contributed by atoms with Crippen molar-refractivity contribution < 1.29 is 24.5 Å². The van der Waals surface area contributed by atoms with Crippen molar-refractivity contribution in [1.82, 2.24) is 4.98 Å². The quantitative estimate of drug-likeness (QED) is 0.338. The van der Waals surface area contributed by atoms with E-state index in [4.69, 9.17) is 16.3 Å². The number of hydrogen-bond acceptors (Lipinski definition) is 6. The van der Waals surface area contributed by atoms with Crippen molar-refractivity contribution in [2.75, 3.05) is 11.5 Å². The lowest BCUT2D eigenvalue weighted by Crippen LogP contribution is -2.30. The van der Waals surface area contributed by atoms with Gasteiger partial charge in [-0.1, -0.05) is 23.7 Å². The number of aliphatic hydroxyl groups is 1. The first-order chi connectivity index (χ1) is 15.4. The molecule has 1 saturated heterocycles. The van der Waals surface area contributed by atoms with Crippen LogP contribution in [0.4, 0.5) is 5.82 Å². The summed E-state index contributed by atoms with van der Waals surface area (Å²) in [7, 11) is 0. The number of amides is 1. The number of ether oxygens (including phenoxy) is 1. The Morgan fingerprint density at radius 2 is 1.88 bits per heavy atom. The van der Waals surface area contributed by atoms with E-state index in [0.29, 0.717) is 22.8 Å². The van der Waals surface area contributed by atoms with E-state index >= 15 is 0 Å². The zero-order valence-corrected chi connectivity index (χ0v) is 17.8. The molecule has 1 aliphatic heterocycles. The van der Waals surface area contributed by atoms with E-state index in [9.17, 15) is 19.8 Å². The summed E-state index contributed by atoms with van der Waals surface area (Å²) in [5.74, 6) is -1.64. The highest BCUT2D eigenvalue weighted by atomic mass is 35.5. The molecule has 7 nitrogen and oxygen atoms in total. The number of Topliss-reactive ketones (excluding diaryl/α,β-unsaturated/α-hetero) is 1. The van der Waals surface area contributed by atoms with Crippen molar-refractivity contribution in [2.45, 2.75) is 13.0 Å². The minimum Gasteiger partial charge on any atom is -0.507 e. The number of hydrogen-bond donors (Lipinski definition) is 2. The molecule has 0 bridgehead atoms. The molecule has 2 aromatic carbocycles. The van der Waals surface area contributed by atoms with Gasteiger partial charge in [-0.05, 0) is 61.0 Å². The van der Waals surface area contributed by atoms with Gasteiger partial charge < -0.3 is 14.9 Å². The van der Waals surface area contributed by atoms with Gasteiger partial charge in [0.25, 0.3) is 5.78 Å². The van der Waals surface area contributed by atoms with Gasteiger partial charge in [-0.3, -0.25) is 14.5 Å². The van der Waals surface area contributed by atoms with Crippen LogP contribution in [0.15, 0.2) is 72.4 Å². The van der Waals surface area contributed by atoms with Crippen molar-refractivity contribution in [2.24, 2.45) is 0 Å². The summed E-state index contributed by atoms with van der Waals surface area (Å²) in [5.41, 5.74) is 0.699. The van der Waals surface area contributed by atoms with Gasteiger partial charge in [-0.2, -0.15) is 0 Å². The van der Waals surface area contributed by atoms with E-state index in [1.807, 2.05) is 0 Å². The lowest BCUT2D eigenvalue weighted by molar-refractivity contribution is -0.132. The molecule has 3 aromatic rings. The number of carbonyl (C=O) groups excluding carboxylic acids is 2. The van der Waals surface area contributed by atoms with Gasteiger partial charge in [0.2, 0.25) is 0 Å². The molecule has 1 atom stereocenters. The lowest BCUT2D eigenvalue weighted by Gasteiger charge is -2.25. The van der Waals surface area contributed by atoms with Gasteiger partial charge in [0.1, 0.15) is 11.6 Å². The molecule has 0 aliphatic carbocycles.